The highest BCUT2D eigenvalue weighted by molar-refractivity contribution is 5.53. The lowest BCUT2D eigenvalue weighted by atomic mass is 9.86. The Morgan fingerprint density at radius 1 is 1.14 bits per heavy atom. The molecule has 0 radical (unpaired) electrons. The van der Waals surface area contributed by atoms with Gasteiger partial charge in [-0.2, -0.15) is 0 Å². The molecule has 1 aromatic carbocycles. The number of benzene rings is 1. The number of hydrogen-bond donors (Lipinski definition) is 0. The number of carbonyl (C=O) groups excluding carboxylic acids is 1. The van der Waals surface area contributed by atoms with Crippen LogP contribution in [-0.4, -0.2) is 41.7 Å². The number of nitrogens with zero attached hydrogens (tertiary/aromatic N) is 2. The summed E-state index contributed by atoms with van der Waals surface area (Å²) in [4.78, 5) is 12.0. The van der Waals surface area contributed by atoms with Crippen molar-refractivity contribution in [3.8, 4) is 11.4 Å². The first-order valence-corrected chi connectivity index (χ1v) is 10.5. The molecule has 1 aromatic heterocycles. The number of carbonyl (C=O) groups is 1. The molecule has 2 aliphatic heterocycles. The van der Waals surface area contributed by atoms with E-state index in [-0.39, 0.29) is 11.2 Å². The Bertz CT molecular complexity index is 797. The monoisotopic (exact) mass is 400 g/mol. The summed E-state index contributed by atoms with van der Waals surface area (Å²) in [5.41, 5.74) is 3.33. The lowest BCUT2D eigenvalue weighted by Crippen LogP contribution is -2.47. The lowest BCUT2D eigenvalue weighted by molar-refractivity contribution is -0.138. The van der Waals surface area contributed by atoms with Gasteiger partial charge in [0.1, 0.15) is 11.4 Å². The normalized spacial score (nSPS) is 16.8. The summed E-state index contributed by atoms with van der Waals surface area (Å²) in [6, 6.07) is 10.7. The molecule has 0 atom stereocenters. The van der Waals surface area contributed by atoms with Gasteiger partial charge in [0.2, 0.25) is 0 Å². The minimum absolute atomic E-state index is 0.144. The van der Waals surface area contributed by atoms with Crippen molar-refractivity contribution in [2.45, 2.75) is 65.6 Å². The van der Waals surface area contributed by atoms with Crippen molar-refractivity contribution < 1.29 is 14.3 Å². The first-order chi connectivity index (χ1) is 13.7. The summed E-state index contributed by atoms with van der Waals surface area (Å²) in [5.74, 6) is 1.01. The van der Waals surface area contributed by atoms with Crippen molar-refractivity contribution >= 4 is 6.47 Å². The topological polar surface area (TPSA) is 43.7 Å². The van der Waals surface area contributed by atoms with E-state index in [0.29, 0.717) is 6.47 Å². The van der Waals surface area contributed by atoms with Gasteiger partial charge in [-0.1, -0.05) is 26.0 Å². The number of piperidine rings is 1. The van der Waals surface area contributed by atoms with Crippen LogP contribution < -0.4 is 4.74 Å². The van der Waals surface area contributed by atoms with Gasteiger partial charge in [0, 0.05) is 32.1 Å². The van der Waals surface area contributed by atoms with Crippen LogP contribution in [0.3, 0.4) is 0 Å². The second-order valence-corrected chi connectivity index (χ2v) is 8.47. The molecule has 0 aliphatic carbocycles. The van der Waals surface area contributed by atoms with Gasteiger partial charge in [0.15, 0.2) is 5.60 Å². The Balaban J connectivity index is 0.000000287. The van der Waals surface area contributed by atoms with Gasteiger partial charge in [-0.3, -0.25) is 4.79 Å². The molecule has 2 aliphatic rings. The van der Waals surface area contributed by atoms with Crippen LogP contribution in [0.2, 0.25) is 0 Å². The molecule has 29 heavy (non-hydrogen) atoms. The van der Waals surface area contributed by atoms with Crippen molar-refractivity contribution in [1.82, 2.24) is 9.47 Å². The molecule has 3 heterocycles. The predicted molar refractivity (Wildman–Crippen MR) is 118 cm³/mol. The zero-order chi connectivity index (χ0) is 21.7. The second-order valence-electron chi connectivity index (χ2n) is 8.47. The molecular formula is C24H36N2O3. The number of hydrogen-bond acceptors (Lipinski definition) is 4. The summed E-state index contributed by atoms with van der Waals surface area (Å²) in [5, 5.41) is 0. The van der Waals surface area contributed by atoms with E-state index in [4.69, 9.17) is 4.74 Å². The fourth-order valence-corrected chi connectivity index (χ4v) is 3.63. The second kappa shape index (κ2) is 9.49. The molecule has 5 nitrogen and oxygen atoms in total. The Hall–Kier alpha value is -2.27. The first-order valence-electron chi connectivity index (χ1n) is 10.5. The number of fused-ring (bicyclic) bond motifs is 4. The van der Waals surface area contributed by atoms with E-state index < -0.39 is 0 Å². The first kappa shape index (κ1) is 23.0. The third-order valence-electron chi connectivity index (χ3n) is 5.05. The number of para-hydroxylation sites is 2. The van der Waals surface area contributed by atoms with Crippen molar-refractivity contribution in [3.05, 3.63) is 47.8 Å². The predicted octanol–water partition coefficient (Wildman–Crippen LogP) is 5.08. The van der Waals surface area contributed by atoms with Crippen LogP contribution in [0.4, 0.5) is 0 Å². The molecule has 0 saturated carbocycles. The number of aromatic nitrogens is 1. The molecule has 160 valence electrons. The Kier molecular flexibility index (Phi) is 7.53. The van der Waals surface area contributed by atoms with Crippen molar-refractivity contribution in [2.24, 2.45) is 0 Å². The fraction of sp³-hybridized carbons (Fsp3) is 0.542. The smallest absolute Gasteiger partial charge is 0.293 e. The van der Waals surface area contributed by atoms with Gasteiger partial charge in [0.05, 0.1) is 11.4 Å². The van der Waals surface area contributed by atoms with Crippen molar-refractivity contribution in [2.75, 3.05) is 20.1 Å². The van der Waals surface area contributed by atoms with Crippen LogP contribution in [0, 0.1) is 6.92 Å². The van der Waals surface area contributed by atoms with E-state index >= 15 is 0 Å². The third kappa shape index (κ3) is 5.41. The van der Waals surface area contributed by atoms with E-state index in [1.54, 1.807) is 0 Å². The average molecular weight is 401 g/mol. The maximum Gasteiger partial charge on any atom is 0.293 e. The molecule has 5 heteroatoms. The van der Waals surface area contributed by atoms with Crippen molar-refractivity contribution in [3.63, 3.8) is 0 Å². The van der Waals surface area contributed by atoms with Gasteiger partial charge >= 0.3 is 0 Å². The van der Waals surface area contributed by atoms with Gasteiger partial charge in [-0.25, -0.2) is 0 Å². The van der Waals surface area contributed by atoms with E-state index in [9.17, 15) is 4.79 Å². The van der Waals surface area contributed by atoms with Crippen LogP contribution in [0.25, 0.3) is 5.69 Å². The van der Waals surface area contributed by atoms with Crippen LogP contribution in [0.15, 0.2) is 36.5 Å². The average Bonchev–Trinajstić information content (AvgIpc) is 3.08. The molecule has 1 spiro atoms. The standard InChI is InChI=1S/C17H20N2O.C5H10O2.C2H6/c1-13-11-16-17(7-9-18(2)10-8-17)20-15-6-4-3-5-14(15)19(16)12-13;1-5(2,3)7-4-6;1-2/h3-6,11-12H,7-10H2,1-2H3;4H,1-3H3;1-2H3. The quantitative estimate of drug-likeness (QED) is 0.626. The summed E-state index contributed by atoms with van der Waals surface area (Å²) in [6.45, 7) is 14.3. The Labute approximate surface area is 175 Å². The fourth-order valence-electron chi connectivity index (χ4n) is 3.63. The third-order valence-corrected chi connectivity index (χ3v) is 5.05. The zero-order valence-corrected chi connectivity index (χ0v) is 19.0. The molecule has 0 bridgehead atoms. The summed E-state index contributed by atoms with van der Waals surface area (Å²) < 4.78 is 13.4. The summed E-state index contributed by atoms with van der Waals surface area (Å²) in [6.07, 6.45) is 4.35. The lowest BCUT2D eigenvalue weighted by Gasteiger charge is -2.44. The maximum atomic E-state index is 9.60. The minimum atomic E-state index is -0.318. The van der Waals surface area contributed by atoms with E-state index in [2.05, 4.69) is 64.7 Å². The molecule has 2 aromatic rings. The van der Waals surface area contributed by atoms with Gasteiger partial charge < -0.3 is 18.9 Å². The molecule has 1 fully saturated rings. The van der Waals surface area contributed by atoms with E-state index in [1.165, 1.54) is 16.9 Å². The highest BCUT2D eigenvalue weighted by Crippen LogP contribution is 2.45. The largest absolute Gasteiger partial charge is 0.479 e. The van der Waals surface area contributed by atoms with Crippen LogP contribution >= 0.6 is 0 Å². The highest BCUT2D eigenvalue weighted by Gasteiger charge is 2.43. The zero-order valence-electron chi connectivity index (χ0n) is 19.0. The van der Waals surface area contributed by atoms with Gasteiger partial charge in [0.25, 0.3) is 6.47 Å². The Morgan fingerprint density at radius 3 is 2.31 bits per heavy atom. The van der Waals surface area contributed by atoms with Crippen LogP contribution in [0.1, 0.15) is 58.7 Å². The molecule has 1 saturated heterocycles. The number of likely N-dealkylation sites (tertiary alicyclic amines) is 1. The summed E-state index contributed by atoms with van der Waals surface area (Å²) >= 11 is 0. The van der Waals surface area contributed by atoms with Crippen LogP contribution in [0.5, 0.6) is 5.75 Å². The number of ether oxygens (including phenoxy) is 2. The van der Waals surface area contributed by atoms with Crippen LogP contribution in [-0.2, 0) is 15.1 Å². The summed E-state index contributed by atoms with van der Waals surface area (Å²) in [7, 11) is 2.19. The van der Waals surface area contributed by atoms with Gasteiger partial charge in [-0.15, -0.1) is 0 Å². The maximum absolute atomic E-state index is 9.60. The SMILES string of the molecule is CC.CC(C)(C)OC=O.Cc1cc2n(c1)-c1ccccc1OC21CCN(C)CC1. The van der Waals surface area contributed by atoms with E-state index in [0.717, 1.165) is 31.7 Å². The molecule has 4 rings (SSSR count). The molecule has 0 amide bonds. The molecular weight excluding hydrogens is 364 g/mol. The highest BCUT2D eigenvalue weighted by atomic mass is 16.5. The minimum Gasteiger partial charge on any atom is -0.479 e. The van der Waals surface area contributed by atoms with Crippen molar-refractivity contribution in [1.29, 1.82) is 0 Å². The molecule has 0 N–H and O–H groups in total. The Morgan fingerprint density at radius 2 is 1.76 bits per heavy atom. The van der Waals surface area contributed by atoms with Gasteiger partial charge in [-0.05, 0) is 58.5 Å². The molecule has 0 unspecified atom stereocenters. The number of aryl methyl sites for hydroxylation is 1. The number of rotatable bonds is 1. The van der Waals surface area contributed by atoms with E-state index in [1.807, 2.05) is 34.6 Å².